The first kappa shape index (κ1) is 26.8. The number of nitrogens with one attached hydrogen (secondary N) is 4. The Kier molecular flexibility index (Phi) is 9.55. The normalized spacial score (nSPS) is 16.7. The number of hydrogen-bond donors (Lipinski definition) is 4. The third-order valence-electron chi connectivity index (χ3n) is 6.15. The third kappa shape index (κ3) is 7.63. The molecule has 7 nitrogen and oxygen atoms in total. The van der Waals surface area contributed by atoms with Gasteiger partial charge in [0, 0.05) is 36.8 Å². The molecule has 3 aromatic rings. The van der Waals surface area contributed by atoms with E-state index in [4.69, 9.17) is 11.6 Å². The molecule has 2 atom stereocenters. The second kappa shape index (κ2) is 12.8. The summed E-state index contributed by atoms with van der Waals surface area (Å²) in [5.74, 6) is -0.876. The van der Waals surface area contributed by atoms with E-state index in [1.165, 1.54) is 24.6 Å². The van der Waals surface area contributed by atoms with Crippen molar-refractivity contribution in [2.45, 2.75) is 49.1 Å². The number of aromatic nitrogens is 1. The maximum absolute atomic E-state index is 14.7. The predicted molar refractivity (Wildman–Crippen MR) is 145 cm³/mol. The van der Waals surface area contributed by atoms with E-state index in [1.54, 1.807) is 5.38 Å². The highest BCUT2D eigenvalue weighted by Gasteiger charge is 2.22. The highest BCUT2D eigenvalue weighted by Crippen LogP contribution is 2.29. The molecule has 1 aliphatic rings. The van der Waals surface area contributed by atoms with Crippen LogP contribution < -0.4 is 20.7 Å². The number of halogens is 2. The van der Waals surface area contributed by atoms with Crippen molar-refractivity contribution in [3.05, 3.63) is 70.4 Å². The summed E-state index contributed by atoms with van der Waals surface area (Å²) in [6, 6.07) is 13.5. The minimum atomic E-state index is -4.14. The van der Waals surface area contributed by atoms with Crippen LogP contribution in [0.15, 0.2) is 58.9 Å². The smallest absolute Gasteiger partial charge is 0.266 e. The van der Waals surface area contributed by atoms with E-state index in [0.717, 1.165) is 55.8 Å². The molecule has 1 aliphatic heterocycles. The van der Waals surface area contributed by atoms with Gasteiger partial charge in [-0.05, 0) is 56.3 Å². The molecule has 0 radical (unpaired) electrons. The fourth-order valence-electron chi connectivity index (χ4n) is 4.30. The van der Waals surface area contributed by atoms with Crippen LogP contribution >= 0.6 is 22.9 Å². The van der Waals surface area contributed by atoms with E-state index < -0.39 is 20.7 Å². The van der Waals surface area contributed by atoms with Crippen LogP contribution in [0.4, 0.5) is 15.2 Å². The topological polar surface area (TPSA) is 95.2 Å². The number of nitrogens with zero attached hydrogens (tertiary/aromatic N) is 1. The first-order chi connectivity index (χ1) is 17.4. The van der Waals surface area contributed by atoms with Crippen LogP contribution in [0.3, 0.4) is 0 Å². The van der Waals surface area contributed by atoms with Gasteiger partial charge >= 0.3 is 0 Å². The molecule has 1 fully saturated rings. The van der Waals surface area contributed by atoms with Gasteiger partial charge in [0.25, 0.3) is 10.0 Å². The average Bonchev–Trinajstić information content (AvgIpc) is 3.56. The molecule has 194 valence electrons. The first-order valence-corrected chi connectivity index (χ1v) is 14.8. The van der Waals surface area contributed by atoms with Crippen molar-refractivity contribution < 1.29 is 12.8 Å². The molecule has 1 unspecified atom stereocenters. The standard InChI is InChI=1S/C25H31ClFN5O2S2/c26-21-15-24(36(33,34)32-25-30-12-13-35-25)22(27)16-23(21)29-11-4-8-19(14-18-6-2-1-3-7-18)31-17-20-9-5-10-28-20/h1-3,6-7,12-13,15-16,19-20,28-29,31H,4-5,8-11,14,17H2,(H,30,32)/t19?,20-/m0/s1. The Labute approximate surface area is 220 Å². The van der Waals surface area contributed by atoms with E-state index in [-0.39, 0.29) is 10.2 Å². The quantitative estimate of drug-likeness (QED) is 0.226. The summed E-state index contributed by atoms with van der Waals surface area (Å²) in [7, 11) is -4.14. The van der Waals surface area contributed by atoms with Crippen molar-refractivity contribution in [2.24, 2.45) is 0 Å². The van der Waals surface area contributed by atoms with Crippen molar-refractivity contribution in [1.82, 2.24) is 15.6 Å². The zero-order valence-corrected chi connectivity index (χ0v) is 22.2. The van der Waals surface area contributed by atoms with Crippen LogP contribution in [0.25, 0.3) is 0 Å². The summed E-state index contributed by atoms with van der Waals surface area (Å²) in [5.41, 5.74) is 1.65. The van der Waals surface area contributed by atoms with Gasteiger partial charge in [0.2, 0.25) is 0 Å². The van der Waals surface area contributed by atoms with Crippen LogP contribution in [-0.2, 0) is 16.4 Å². The molecule has 4 N–H and O–H groups in total. The maximum atomic E-state index is 14.7. The fraction of sp³-hybridized carbons (Fsp3) is 0.400. The molecule has 36 heavy (non-hydrogen) atoms. The van der Waals surface area contributed by atoms with Gasteiger partial charge in [-0.15, -0.1) is 11.3 Å². The highest BCUT2D eigenvalue weighted by molar-refractivity contribution is 7.93. The summed E-state index contributed by atoms with van der Waals surface area (Å²) in [6.07, 6.45) is 6.58. The molecule has 0 aliphatic carbocycles. The summed E-state index contributed by atoms with van der Waals surface area (Å²) in [4.78, 5) is 3.36. The van der Waals surface area contributed by atoms with E-state index in [9.17, 15) is 12.8 Å². The Bertz CT molecular complexity index is 1210. The zero-order chi connectivity index (χ0) is 25.4. The average molecular weight is 552 g/mol. The second-order valence-corrected chi connectivity index (χ2v) is 11.8. The highest BCUT2D eigenvalue weighted by atomic mass is 35.5. The van der Waals surface area contributed by atoms with Gasteiger partial charge in [-0.1, -0.05) is 41.9 Å². The Morgan fingerprint density at radius 2 is 2.08 bits per heavy atom. The number of rotatable bonds is 13. The molecule has 1 saturated heterocycles. The Morgan fingerprint density at radius 1 is 1.25 bits per heavy atom. The van der Waals surface area contributed by atoms with Crippen molar-refractivity contribution in [2.75, 3.05) is 29.7 Å². The lowest BCUT2D eigenvalue weighted by Crippen LogP contribution is -2.40. The van der Waals surface area contributed by atoms with E-state index in [2.05, 4.69) is 49.9 Å². The van der Waals surface area contributed by atoms with Crippen LogP contribution in [-0.4, -0.2) is 45.1 Å². The predicted octanol–water partition coefficient (Wildman–Crippen LogP) is 4.88. The molecule has 1 aromatic heterocycles. The SMILES string of the molecule is O=S(=O)(Nc1nccs1)c1cc(Cl)c(NCCCC(Cc2ccccc2)NC[C@@H]2CCCN2)cc1F. The molecule has 11 heteroatoms. The number of hydrogen-bond acceptors (Lipinski definition) is 7. The maximum Gasteiger partial charge on any atom is 0.266 e. The molecule has 2 heterocycles. The minimum Gasteiger partial charge on any atom is -0.384 e. The van der Waals surface area contributed by atoms with E-state index in [0.29, 0.717) is 24.3 Å². The lowest BCUT2D eigenvalue weighted by atomic mass is 10.0. The lowest BCUT2D eigenvalue weighted by Gasteiger charge is -2.22. The minimum absolute atomic E-state index is 0.141. The van der Waals surface area contributed by atoms with E-state index in [1.807, 2.05) is 6.07 Å². The number of thiazole rings is 1. The molecule has 0 bridgehead atoms. The zero-order valence-electron chi connectivity index (χ0n) is 19.8. The Morgan fingerprint density at radius 3 is 2.81 bits per heavy atom. The molecule has 0 spiro atoms. The van der Waals surface area contributed by atoms with Crippen molar-refractivity contribution in [3.63, 3.8) is 0 Å². The molecular weight excluding hydrogens is 521 g/mol. The van der Waals surface area contributed by atoms with Gasteiger partial charge in [0.15, 0.2) is 5.13 Å². The number of benzene rings is 2. The fourth-order valence-corrected chi connectivity index (χ4v) is 6.47. The lowest BCUT2D eigenvalue weighted by molar-refractivity contribution is 0.432. The summed E-state index contributed by atoms with van der Waals surface area (Å²) >= 11 is 7.41. The van der Waals surface area contributed by atoms with Crippen LogP contribution in [0.1, 0.15) is 31.2 Å². The molecule has 2 aromatic carbocycles. The monoisotopic (exact) mass is 551 g/mol. The summed E-state index contributed by atoms with van der Waals surface area (Å²) < 4.78 is 42.1. The van der Waals surface area contributed by atoms with Gasteiger partial charge in [-0.2, -0.15) is 0 Å². The third-order valence-corrected chi connectivity index (χ3v) is 8.63. The van der Waals surface area contributed by atoms with Gasteiger partial charge in [-0.25, -0.2) is 17.8 Å². The number of anilines is 2. The Hall–Kier alpha value is -2.24. The van der Waals surface area contributed by atoms with Gasteiger partial charge in [0.05, 0.1) is 10.7 Å². The summed E-state index contributed by atoms with van der Waals surface area (Å²) in [6.45, 7) is 2.60. The molecule has 0 saturated carbocycles. The second-order valence-electron chi connectivity index (χ2n) is 8.86. The molecule has 4 rings (SSSR count). The van der Waals surface area contributed by atoms with Crippen molar-refractivity contribution in [3.8, 4) is 0 Å². The van der Waals surface area contributed by atoms with Crippen molar-refractivity contribution >= 4 is 43.8 Å². The summed E-state index contributed by atoms with van der Waals surface area (Å²) in [5, 5.41) is 12.3. The van der Waals surface area contributed by atoms with Gasteiger partial charge in [0.1, 0.15) is 10.7 Å². The van der Waals surface area contributed by atoms with Gasteiger partial charge in [-0.3, -0.25) is 4.72 Å². The van der Waals surface area contributed by atoms with E-state index >= 15 is 0 Å². The largest absolute Gasteiger partial charge is 0.384 e. The van der Waals surface area contributed by atoms with Crippen molar-refractivity contribution in [1.29, 1.82) is 0 Å². The van der Waals surface area contributed by atoms with Crippen LogP contribution in [0.2, 0.25) is 5.02 Å². The molecular formula is C25H31ClFN5O2S2. The van der Waals surface area contributed by atoms with Crippen LogP contribution in [0, 0.1) is 5.82 Å². The first-order valence-electron chi connectivity index (χ1n) is 12.1. The number of sulfonamides is 1. The Balaban J connectivity index is 1.32. The van der Waals surface area contributed by atoms with Gasteiger partial charge < -0.3 is 16.0 Å². The van der Waals surface area contributed by atoms with Crippen LogP contribution in [0.5, 0.6) is 0 Å². The molecule has 0 amide bonds.